The molecule has 3 amide bonds. The summed E-state index contributed by atoms with van der Waals surface area (Å²) in [7, 11) is 0. The fourth-order valence-electron chi connectivity index (χ4n) is 5.01. The Morgan fingerprint density at radius 1 is 1.07 bits per heavy atom. The molecule has 7 heteroatoms. The van der Waals surface area contributed by atoms with Crippen LogP contribution < -0.4 is 5.32 Å². The molecule has 3 aliphatic heterocycles. The third-order valence-electron chi connectivity index (χ3n) is 6.40. The SMILES string of the molecule is O=C(NCC(=O)N1CC[C@@]23OC[C@@H](c4ccccc4)N2C(=O)C[C@@H]13)c1ccccc1. The summed E-state index contributed by atoms with van der Waals surface area (Å²) in [6.45, 7) is 0.839. The van der Waals surface area contributed by atoms with E-state index in [0.29, 0.717) is 25.1 Å². The lowest BCUT2D eigenvalue weighted by atomic mass is 10.0. The van der Waals surface area contributed by atoms with Gasteiger partial charge in [0.1, 0.15) is 0 Å². The Hall–Kier alpha value is -3.19. The number of benzene rings is 2. The second-order valence-corrected chi connectivity index (χ2v) is 7.95. The van der Waals surface area contributed by atoms with Crippen molar-refractivity contribution in [3.05, 3.63) is 71.8 Å². The van der Waals surface area contributed by atoms with Gasteiger partial charge in [-0.25, -0.2) is 0 Å². The highest BCUT2D eigenvalue weighted by Crippen LogP contribution is 2.51. The number of nitrogens with one attached hydrogen (secondary N) is 1. The van der Waals surface area contributed by atoms with Crippen LogP contribution in [0, 0.1) is 0 Å². The van der Waals surface area contributed by atoms with Crippen LogP contribution in [0.1, 0.15) is 34.8 Å². The fraction of sp³-hybridized carbons (Fsp3) is 0.348. The van der Waals surface area contributed by atoms with Gasteiger partial charge in [0.25, 0.3) is 5.91 Å². The van der Waals surface area contributed by atoms with Crippen LogP contribution in [0.15, 0.2) is 60.7 Å². The lowest BCUT2D eigenvalue weighted by molar-refractivity contribution is -0.141. The molecule has 0 aromatic heterocycles. The second-order valence-electron chi connectivity index (χ2n) is 7.95. The molecule has 7 nitrogen and oxygen atoms in total. The average Bonchev–Trinajstić information content (AvgIpc) is 3.42. The van der Waals surface area contributed by atoms with Gasteiger partial charge >= 0.3 is 0 Å². The molecule has 2 aromatic rings. The van der Waals surface area contributed by atoms with Crippen LogP contribution in [0.5, 0.6) is 0 Å². The normalized spacial score (nSPS) is 27.1. The van der Waals surface area contributed by atoms with Gasteiger partial charge in [0.05, 0.1) is 31.7 Å². The first kappa shape index (κ1) is 18.8. The minimum Gasteiger partial charge on any atom is -0.351 e. The van der Waals surface area contributed by atoms with E-state index >= 15 is 0 Å². The maximum atomic E-state index is 12.9. The molecule has 3 saturated heterocycles. The third kappa shape index (κ3) is 2.89. The average molecular weight is 405 g/mol. The van der Waals surface area contributed by atoms with Crippen molar-refractivity contribution in [2.75, 3.05) is 19.7 Å². The fourth-order valence-corrected chi connectivity index (χ4v) is 5.01. The molecule has 0 aliphatic carbocycles. The van der Waals surface area contributed by atoms with Crippen molar-refractivity contribution in [2.45, 2.75) is 30.7 Å². The molecule has 3 heterocycles. The highest BCUT2D eigenvalue weighted by atomic mass is 16.5. The number of likely N-dealkylation sites (tertiary alicyclic amines) is 1. The van der Waals surface area contributed by atoms with Gasteiger partial charge in [0.2, 0.25) is 11.8 Å². The maximum absolute atomic E-state index is 12.9. The molecule has 30 heavy (non-hydrogen) atoms. The summed E-state index contributed by atoms with van der Waals surface area (Å²) in [5.41, 5.74) is 0.801. The van der Waals surface area contributed by atoms with E-state index in [1.54, 1.807) is 29.2 Å². The summed E-state index contributed by atoms with van der Waals surface area (Å²) in [6.07, 6.45) is 0.840. The molecule has 5 rings (SSSR count). The topological polar surface area (TPSA) is 79.0 Å². The summed E-state index contributed by atoms with van der Waals surface area (Å²) in [5.74, 6) is -0.469. The smallest absolute Gasteiger partial charge is 0.251 e. The highest BCUT2D eigenvalue weighted by Gasteiger charge is 2.65. The van der Waals surface area contributed by atoms with Gasteiger partial charge < -0.3 is 19.9 Å². The number of amides is 3. The van der Waals surface area contributed by atoms with Crippen molar-refractivity contribution in [1.82, 2.24) is 15.1 Å². The molecule has 1 spiro atoms. The number of carbonyl (C=O) groups excluding carboxylic acids is 3. The van der Waals surface area contributed by atoms with Gasteiger partial charge in [-0.2, -0.15) is 0 Å². The van der Waals surface area contributed by atoms with Crippen LogP contribution in [0.2, 0.25) is 0 Å². The van der Waals surface area contributed by atoms with Crippen molar-refractivity contribution in [3.63, 3.8) is 0 Å². The quantitative estimate of drug-likeness (QED) is 0.840. The van der Waals surface area contributed by atoms with E-state index < -0.39 is 5.72 Å². The van der Waals surface area contributed by atoms with Crippen LogP contribution in [-0.4, -0.2) is 59.0 Å². The zero-order chi connectivity index (χ0) is 20.7. The molecule has 3 fully saturated rings. The van der Waals surface area contributed by atoms with Crippen LogP contribution in [-0.2, 0) is 14.3 Å². The first-order valence-electron chi connectivity index (χ1n) is 10.2. The van der Waals surface area contributed by atoms with Crippen LogP contribution >= 0.6 is 0 Å². The van der Waals surface area contributed by atoms with E-state index in [-0.39, 0.29) is 42.8 Å². The Morgan fingerprint density at radius 2 is 1.77 bits per heavy atom. The molecular formula is C23H23N3O4. The summed E-state index contributed by atoms with van der Waals surface area (Å²) in [4.78, 5) is 41.6. The van der Waals surface area contributed by atoms with Crippen molar-refractivity contribution in [3.8, 4) is 0 Å². The summed E-state index contributed by atoms with van der Waals surface area (Å²) < 4.78 is 6.23. The summed E-state index contributed by atoms with van der Waals surface area (Å²) in [6, 6.07) is 18.2. The predicted molar refractivity (Wildman–Crippen MR) is 108 cm³/mol. The van der Waals surface area contributed by atoms with Crippen LogP contribution in [0.4, 0.5) is 0 Å². The Labute approximate surface area is 174 Å². The number of nitrogens with zero attached hydrogens (tertiary/aromatic N) is 2. The van der Waals surface area contributed by atoms with Crippen LogP contribution in [0.25, 0.3) is 0 Å². The predicted octanol–water partition coefficient (Wildman–Crippen LogP) is 1.72. The molecule has 1 N–H and O–H groups in total. The van der Waals surface area contributed by atoms with E-state index in [2.05, 4.69) is 5.32 Å². The summed E-state index contributed by atoms with van der Waals surface area (Å²) in [5, 5.41) is 2.69. The maximum Gasteiger partial charge on any atom is 0.251 e. The Morgan fingerprint density at radius 3 is 2.50 bits per heavy atom. The molecule has 154 valence electrons. The minimum absolute atomic E-state index is 0.0113. The molecule has 0 bridgehead atoms. The number of hydrogen-bond donors (Lipinski definition) is 1. The number of ether oxygens (including phenoxy) is 1. The summed E-state index contributed by atoms with van der Waals surface area (Å²) >= 11 is 0. The number of rotatable bonds is 4. The van der Waals surface area contributed by atoms with Gasteiger partial charge in [0, 0.05) is 18.5 Å². The highest BCUT2D eigenvalue weighted by molar-refractivity contribution is 5.96. The molecule has 2 aromatic carbocycles. The Kier molecular flexibility index (Phi) is 4.55. The van der Waals surface area contributed by atoms with Crippen molar-refractivity contribution >= 4 is 17.7 Å². The first-order valence-corrected chi connectivity index (χ1v) is 10.2. The zero-order valence-electron chi connectivity index (χ0n) is 16.5. The van der Waals surface area contributed by atoms with Crippen molar-refractivity contribution in [1.29, 1.82) is 0 Å². The molecule has 3 atom stereocenters. The van der Waals surface area contributed by atoms with Gasteiger partial charge in [-0.15, -0.1) is 0 Å². The lowest BCUT2D eigenvalue weighted by Crippen LogP contribution is -2.50. The molecule has 0 saturated carbocycles. The van der Waals surface area contributed by atoms with Gasteiger partial charge in [-0.05, 0) is 17.7 Å². The van der Waals surface area contributed by atoms with E-state index in [9.17, 15) is 14.4 Å². The van der Waals surface area contributed by atoms with Gasteiger partial charge in [-0.1, -0.05) is 48.5 Å². The number of hydrogen-bond acceptors (Lipinski definition) is 4. The van der Waals surface area contributed by atoms with Gasteiger partial charge in [0.15, 0.2) is 5.72 Å². The minimum atomic E-state index is -0.753. The van der Waals surface area contributed by atoms with Crippen molar-refractivity contribution in [2.24, 2.45) is 0 Å². The van der Waals surface area contributed by atoms with Crippen LogP contribution in [0.3, 0.4) is 0 Å². The van der Waals surface area contributed by atoms with E-state index in [0.717, 1.165) is 5.56 Å². The number of carbonyl (C=O) groups is 3. The first-order chi connectivity index (χ1) is 14.6. The Bertz CT molecular complexity index is 980. The standard InChI is InChI=1S/C23H23N3O4/c27-20-13-19-23(26(20)18(15-30-23)16-7-3-1-4-8-16)11-12-25(19)21(28)14-24-22(29)17-9-5-2-6-10-17/h1-10,18-19H,11-15H2,(H,24,29)/t18-,19+,23-/m0/s1. The Balaban J connectivity index is 1.29. The largest absolute Gasteiger partial charge is 0.351 e. The second kappa shape index (κ2) is 7.25. The third-order valence-corrected chi connectivity index (χ3v) is 6.40. The van der Waals surface area contributed by atoms with E-state index in [4.69, 9.17) is 4.74 Å². The van der Waals surface area contributed by atoms with Gasteiger partial charge in [-0.3, -0.25) is 14.4 Å². The zero-order valence-corrected chi connectivity index (χ0v) is 16.5. The monoisotopic (exact) mass is 405 g/mol. The molecule has 0 unspecified atom stereocenters. The van der Waals surface area contributed by atoms with E-state index in [1.807, 2.05) is 41.3 Å². The molecular weight excluding hydrogens is 382 g/mol. The molecule has 0 radical (unpaired) electrons. The van der Waals surface area contributed by atoms with E-state index in [1.165, 1.54) is 0 Å². The lowest BCUT2D eigenvalue weighted by Gasteiger charge is -2.33. The molecule has 3 aliphatic rings. The van der Waals surface area contributed by atoms with Crippen molar-refractivity contribution < 1.29 is 19.1 Å².